The largest absolute Gasteiger partial charge is 0.494 e. The van der Waals surface area contributed by atoms with E-state index in [1.165, 1.54) is 18.4 Å². The zero-order chi connectivity index (χ0) is 28.6. The van der Waals surface area contributed by atoms with Crippen LogP contribution in [-0.4, -0.2) is 36.4 Å². The minimum Gasteiger partial charge on any atom is -0.494 e. The minimum absolute atomic E-state index is 0.219. The fourth-order valence-electron chi connectivity index (χ4n) is 5.55. The van der Waals surface area contributed by atoms with E-state index in [0.29, 0.717) is 16.5 Å². The lowest BCUT2D eigenvalue weighted by Crippen LogP contribution is -2.29. The third-order valence-electron chi connectivity index (χ3n) is 7.26. The van der Waals surface area contributed by atoms with Gasteiger partial charge in [0.1, 0.15) is 5.75 Å². The first-order chi connectivity index (χ1) is 19.1. The molecule has 1 aliphatic rings. The maximum absolute atomic E-state index is 11.9. The summed E-state index contributed by atoms with van der Waals surface area (Å²) in [5.74, 6) is 0.396. The maximum Gasteiger partial charge on any atom is 0.229 e. The molecule has 5 rings (SSSR count). The highest BCUT2D eigenvalue weighted by atomic mass is 32.2. The van der Waals surface area contributed by atoms with Crippen molar-refractivity contribution in [2.24, 2.45) is 0 Å². The molecule has 4 aromatic rings. The van der Waals surface area contributed by atoms with Crippen LogP contribution in [0.5, 0.6) is 5.75 Å². The molecule has 208 valence electrons. The highest BCUT2D eigenvalue weighted by Crippen LogP contribution is 2.45. The number of benzene rings is 2. The van der Waals surface area contributed by atoms with E-state index in [-0.39, 0.29) is 12.1 Å². The second-order valence-corrected chi connectivity index (χ2v) is 12.0. The average molecular weight is 576 g/mol. The Morgan fingerprint density at radius 2 is 1.82 bits per heavy atom. The molecule has 0 spiro atoms. The summed E-state index contributed by atoms with van der Waals surface area (Å²) in [6, 6.07) is 21.5. The number of para-hydroxylation sites is 1. The van der Waals surface area contributed by atoms with Gasteiger partial charge in [0, 0.05) is 35.0 Å². The summed E-state index contributed by atoms with van der Waals surface area (Å²) in [6.45, 7) is 6.43. The Labute approximate surface area is 241 Å². The van der Waals surface area contributed by atoms with Crippen molar-refractivity contribution in [3.63, 3.8) is 0 Å². The normalized spacial score (nSPS) is 17.1. The van der Waals surface area contributed by atoms with E-state index in [1.807, 2.05) is 24.3 Å². The first kappa shape index (κ1) is 27.7. The lowest BCUT2D eigenvalue weighted by Gasteiger charge is -2.29. The number of pyridine rings is 1. The van der Waals surface area contributed by atoms with Crippen LogP contribution in [0.1, 0.15) is 47.2 Å². The van der Waals surface area contributed by atoms with Gasteiger partial charge in [0.2, 0.25) is 10.0 Å². The third-order valence-corrected chi connectivity index (χ3v) is 8.16. The van der Waals surface area contributed by atoms with E-state index in [2.05, 4.69) is 75.6 Å². The Balaban J connectivity index is 1.68. The highest BCUT2D eigenvalue weighted by Gasteiger charge is 2.42. The van der Waals surface area contributed by atoms with Crippen LogP contribution in [0.2, 0.25) is 0 Å². The first-order valence-electron chi connectivity index (χ1n) is 13.1. The molecule has 1 saturated heterocycles. The standard InChI is InChI=1S/C30H33N5O3S2/c1-6-21-11-7-8-13-26(21)34-19(2)17-23(20(34)3)29-28(25-12-9-10-16-31-25)32-30(39)35(29)22-14-15-24(27(18-22)38-4)33-40(5,36)37/h7-18,28-29,33H,6H2,1-5H3,(H,32,39)/t28-,29+/m1/s1. The molecule has 8 nitrogen and oxygen atoms in total. The fraction of sp³-hybridized carbons (Fsp3) is 0.267. The molecule has 0 saturated carbocycles. The fourth-order valence-corrected chi connectivity index (χ4v) is 6.46. The van der Waals surface area contributed by atoms with Crippen LogP contribution in [0.3, 0.4) is 0 Å². The van der Waals surface area contributed by atoms with Crippen molar-refractivity contribution in [3.05, 3.63) is 101 Å². The van der Waals surface area contributed by atoms with Crippen molar-refractivity contribution in [1.82, 2.24) is 14.9 Å². The predicted molar refractivity (Wildman–Crippen MR) is 164 cm³/mol. The summed E-state index contributed by atoms with van der Waals surface area (Å²) < 4.78 is 34.2. The lowest BCUT2D eigenvalue weighted by atomic mass is 9.96. The van der Waals surface area contributed by atoms with Crippen molar-refractivity contribution in [2.75, 3.05) is 23.0 Å². The van der Waals surface area contributed by atoms with Gasteiger partial charge in [-0.3, -0.25) is 9.71 Å². The molecule has 0 bridgehead atoms. The number of methoxy groups -OCH3 is 1. The van der Waals surface area contributed by atoms with E-state index in [0.717, 1.165) is 41.0 Å². The van der Waals surface area contributed by atoms with E-state index in [4.69, 9.17) is 17.0 Å². The van der Waals surface area contributed by atoms with Gasteiger partial charge in [-0.15, -0.1) is 0 Å². The smallest absolute Gasteiger partial charge is 0.229 e. The van der Waals surface area contributed by atoms with E-state index in [1.54, 1.807) is 18.3 Å². The van der Waals surface area contributed by atoms with Gasteiger partial charge in [-0.05, 0) is 80.0 Å². The summed E-state index contributed by atoms with van der Waals surface area (Å²) in [5.41, 5.74) is 7.79. The lowest BCUT2D eigenvalue weighted by molar-refractivity contribution is 0.417. The van der Waals surface area contributed by atoms with Crippen LogP contribution in [-0.2, 0) is 16.4 Å². The number of ether oxygens (including phenoxy) is 1. The minimum atomic E-state index is -3.48. The monoisotopic (exact) mass is 575 g/mol. The van der Waals surface area contributed by atoms with Crippen molar-refractivity contribution in [2.45, 2.75) is 39.3 Å². The SMILES string of the molecule is CCc1ccccc1-n1c(C)cc([C@H]2[C@@H](c3ccccn3)NC(=S)N2c2ccc(NS(C)(=O)=O)c(OC)c2)c1C. The van der Waals surface area contributed by atoms with Crippen LogP contribution in [0.4, 0.5) is 11.4 Å². The van der Waals surface area contributed by atoms with Crippen LogP contribution in [0.15, 0.2) is 72.9 Å². The Hall–Kier alpha value is -3.89. The Morgan fingerprint density at radius 1 is 1.07 bits per heavy atom. The molecule has 2 aromatic carbocycles. The molecule has 0 unspecified atom stereocenters. The van der Waals surface area contributed by atoms with E-state index < -0.39 is 10.0 Å². The van der Waals surface area contributed by atoms with Crippen molar-refractivity contribution in [3.8, 4) is 11.4 Å². The number of nitrogens with one attached hydrogen (secondary N) is 2. The molecule has 2 atom stereocenters. The number of aromatic nitrogens is 2. The number of hydrogen-bond donors (Lipinski definition) is 2. The van der Waals surface area contributed by atoms with Gasteiger partial charge in [0.05, 0.1) is 36.8 Å². The molecule has 40 heavy (non-hydrogen) atoms. The molecule has 3 heterocycles. The summed E-state index contributed by atoms with van der Waals surface area (Å²) in [5, 5.41) is 4.06. The van der Waals surface area contributed by atoms with Crippen LogP contribution in [0, 0.1) is 13.8 Å². The molecular weight excluding hydrogens is 542 g/mol. The van der Waals surface area contributed by atoms with E-state index in [9.17, 15) is 8.42 Å². The van der Waals surface area contributed by atoms with Gasteiger partial charge in [-0.25, -0.2) is 8.42 Å². The Morgan fingerprint density at radius 3 is 2.50 bits per heavy atom. The molecule has 1 aliphatic heterocycles. The third kappa shape index (κ3) is 5.16. The number of sulfonamides is 1. The zero-order valence-corrected chi connectivity index (χ0v) is 24.8. The number of rotatable bonds is 8. The van der Waals surface area contributed by atoms with Gasteiger partial charge in [-0.1, -0.05) is 31.2 Å². The summed E-state index contributed by atoms with van der Waals surface area (Å²) in [4.78, 5) is 6.74. The number of nitrogens with zero attached hydrogens (tertiary/aromatic N) is 3. The van der Waals surface area contributed by atoms with Gasteiger partial charge in [0.25, 0.3) is 0 Å². The molecule has 1 fully saturated rings. The maximum atomic E-state index is 11.9. The van der Waals surface area contributed by atoms with Crippen LogP contribution < -0.4 is 19.7 Å². The topological polar surface area (TPSA) is 88.5 Å². The molecular formula is C30H33N5O3S2. The van der Waals surface area contributed by atoms with Gasteiger partial charge >= 0.3 is 0 Å². The van der Waals surface area contributed by atoms with Crippen LogP contribution >= 0.6 is 12.2 Å². The second kappa shape index (κ2) is 10.9. The molecule has 0 aliphatic carbocycles. The van der Waals surface area contributed by atoms with Crippen LogP contribution in [0.25, 0.3) is 5.69 Å². The quantitative estimate of drug-likeness (QED) is 0.264. The van der Waals surface area contributed by atoms with Gasteiger partial charge < -0.3 is 19.5 Å². The summed E-state index contributed by atoms with van der Waals surface area (Å²) in [7, 11) is -1.97. The van der Waals surface area contributed by atoms with Crippen molar-refractivity contribution < 1.29 is 13.2 Å². The van der Waals surface area contributed by atoms with Gasteiger partial charge in [-0.2, -0.15) is 0 Å². The predicted octanol–water partition coefficient (Wildman–Crippen LogP) is 5.61. The number of thiocarbonyl (C=S) groups is 1. The molecule has 2 N–H and O–H groups in total. The van der Waals surface area contributed by atoms with Crippen molar-refractivity contribution >= 4 is 38.7 Å². The number of anilines is 2. The van der Waals surface area contributed by atoms with Crippen molar-refractivity contribution in [1.29, 1.82) is 0 Å². The summed E-state index contributed by atoms with van der Waals surface area (Å²) in [6.07, 6.45) is 3.82. The average Bonchev–Trinajstić information content (AvgIpc) is 3.43. The Bertz CT molecular complexity index is 1670. The number of hydrogen-bond acceptors (Lipinski definition) is 5. The highest BCUT2D eigenvalue weighted by molar-refractivity contribution is 7.92. The molecule has 2 aromatic heterocycles. The van der Waals surface area contributed by atoms with E-state index >= 15 is 0 Å². The second-order valence-electron chi connectivity index (χ2n) is 9.90. The molecule has 10 heteroatoms. The molecule has 0 amide bonds. The Kier molecular flexibility index (Phi) is 7.57. The van der Waals surface area contributed by atoms with Gasteiger partial charge in [0.15, 0.2) is 5.11 Å². The molecule has 0 radical (unpaired) electrons. The summed E-state index contributed by atoms with van der Waals surface area (Å²) >= 11 is 5.92. The first-order valence-corrected chi connectivity index (χ1v) is 15.4. The number of aryl methyl sites for hydroxylation is 2. The zero-order valence-electron chi connectivity index (χ0n) is 23.2.